The van der Waals surface area contributed by atoms with Crippen LogP contribution in [0.4, 0.5) is 0 Å². The Kier molecular flexibility index (Phi) is 2.42. The van der Waals surface area contributed by atoms with E-state index in [0.29, 0.717) is 18.7 Å². The topological polar surface area (TPSA) is 72.3 Å². The molecular formula is C6H10N2O2. The number of rotatable bonds is 3. The zero-order valence-corrected chi connectivity index (χ0v) is 5.58. The van der Waals surface area contributed by atoms with Gasteiger partial charge in [0.05, 0.1) is 12.8 Å². The fourth-order valence-corrected chi connectivity index (χ4v) is 0.759. The van der Waals surface area contributed by atoms with Crippen LogP contribution in [0.15, 0.2) is 10.7 Å². The van der Waals surface area contributed by atoms with Gasteiger partial charge in [0.15, 0.2) is 0 Å². The van der Waals surface area contributed by atoms with Crippen LogP contribution in [0.2, 0.25) is 0 Å². The summed E-state index contributed by atoms with van der Waals surface area (Å²) in [6.45, 7) is 0.487. The third kappa shape index (κ3) is 1.34. The summed E-state index contributed by atoms with van der Waals surface area (Å²) in [7, 11) is 0. The molecule has 56 valence electrons. The number of nitrogens with two attached hydrogens (primary N) is 1. The molecule has 0 unspecified atom stereocenters. The van der Waals surface area contributed by atoms with Crippen LogP contribution in [0.25, 0.3) is 0 Å². The van der Waals surface area contributed by atoms with E-state index in [9.17, 15) is 0 Å². The lowest BCUT2D eigenvalue weighted by atomic mass is 10.2. The molecule has 0 aliphatic heterocycles. The van der Waals surface area contributed by atoms with Crippen LogP contribution in [0.1, 0.15) is 11.3 Å². The van der Waals surface area contributed by atoms with Crippen LogP contribution >= 0.6 is 0 Å². The average molecular weight is 142 g/mol. The van der Waals surface area contributed by atoms with E-state index >= 15 is 0 Å². The molecule has 0 amide bonds. The Morgan fingerprint density at radius 2 is 2.50 bits per heavy atom. The summed E-state index contributed by atoms with van der Waals surface area (Å²) < 4.78 is 4.81. The van der Waals surface area contributed by atoms with Crippen molar-refractivity contribution in [2.45, 2.75) is 13.0 Å². The standard InChI is InChI=1S/C6H10N2O2/c7-3-5-4-8-10-6(5)1-2-9/h4,9H,1-3,7H2. The Balaban J connectivity index is 2.70. The predicted octanol–water partition coefficient (Wildman–Crippen LogP) is -0.332. The molecule has 3 N–H and O–H groups in total. The Morgan fingerprint density at radius 1 is 1.70 bits per heavy atom. The second-order valence-electron chi connectivity index (χ2n) is 1.95. The van der Waals surface area contributed by atoms with Gasteiger partial charge >= 0.3 is 0 Å². The van der Waals surface area contributed by atoms with Crippen molar-refractivity contribution in [3.63, 3.8) is 0 Å². The lowest BCUT2D eigenvalue weighted by Crippen LogP contribution is -1.99. The largest absolute Gasteiger partial charge is 0.396 e. The van der Waals surface area contributed by atoms with E-state index in [1.54, 1.807) is 6.20 Å². The highest BCUT2D eigenvalue weighted by molar-refractivity contribution is 5.12. The number of aromatic nitrogens is 1. The van der Waals surface area contributed by atoms with Crippen molar-refractivity contribution in [2.24, 2.45) is 5.73 Å². The molecule has 0 bridgehead atoms. The Morgan fingerprint density at radius 3 is 3.10 bits per heavy atom. The molecule has 0 aliphatic carbocycles. The number of aliphatic hydroxyl groups is 1. The average Bonchev–Trinajstić information content (AvgIpc) is 2.36. The van der Waals surface area contributed by atoms with Crippen molar-refractivity contribution in [1.29, 1.82) is 0 Å². The predicted molar refractivity (Wildman–Crippen MR) is 35.2 cm³/mol. The van der Waals surface area contributed by atoms with E-state index in [4.69, 9.17) is 15.4 Å². The lowest BCUT2D eigenvalue weighted by Gasteiger charge is -1.92. The second kappa shape index (κ2) is 3.34. The first-order valence-corrected chi connectivity index (χ1v) is 3.12. The normalized spacial score (nSPS) is 10.2. The van der Waals surface area contributed by atoms with Gasteiger partial charge in [-0.3, -0.25) is 0 Å². The van der Waals surface area contributed by atoms with Gasteiger partial charge < -0.3 is 15.4 Å². The van der Waals surface area contributed by atoms with Gasteiger partial charge in [0, 0.05) is 18.5 Å². The van der Waals surface area contributed by atoms with Crippen molar-refractivity contribution < 1.29 is 9.63 Å². The fraction of sp³-hybridized carbons (Fsp3) is 0.500. The minimum Gasteiger partial charge on any atom is -0.396 e. The van der Waals surface area contributed by atoms with Gasteiger partial charge in [-0.1, -0.05) is 5.16 Å². The number of nitrogens with zero attached hydrogens (tertiary/aromatic N) is 1. The summed E-state index contributed by atoms with van der Waals surface area (Å²) in [5.41, 5.74) is 6.21. The summed E-state index contributed by atoms with van der Waals surface area (Å²) in [5, 5.41) is 12.1. The van der Waals surface area contributed by atoms with Gasteiger partial charge in [-0.15, -0.1) is 0 Å². The monoisotopic (exact) mass is 142 g/mol. The maximum Gasteiger partial charge on any atom is 0.143 e. The first kappa shape index (κ1) is 7.24. The van der Waals surface area contributed by atoms with Gasteiger partial charge in [0.2, 0.25) is 0 Å². The zero-order chi connectivity index (χ0) is 7.40. The highest BCUT2D eigenvalue weighted by atomic mass is 16.5. The highest BCUT2D eigenvalue weighted by Gasteiger charge is 2.03. The maximum absolute atomic E-state index is 8.53. The molecule has 0 aromatic carbocycles. The third-order valence-corrected chi connectivity index (χ3v) is 1.29. The molecule has 0 spiro atoms. The van der Waals surface area contributed by atoms with Gasteiger partial charge in [-0.05, 0) is 0 Å². The molecule has 0 radical (unpaired) electrons. The summed E-state index contributed by atoms with van der Waals surface area (Å²) in [6, 6.07) is 0. The molecule has 1 aromatic heterocycles. The van der Waals surface area contributed by atoms with Crippen LogP contribution in [0.3, 0.4) is 0 Å². The van der Waals surface area contributed by atoms with Crippen molar-refractivity contribution in [2.75, 3.05) is 6.61 Å². The molecular weight excluding hydrogens is 132 g/mol. The number of aliphatic hydroxyl groups excluding tert-OH is 1. The molecule has 0 aliphatic rings. The zero-order valence-electron chi connectivity index (χ0n) is 5.58. The van der Waals surface area contributed by atoms with Crippen LogP contribution in [-0.4, -0.2) is 16.9 Å². The molecule has 0 saturated heterocycles. The van der Waals surface area contributed by atoms with E-state index in [0.717, 1.165) is 5.56 Å². The molecule has 4 nitrogen and oxygen atoms in total. The molecule has 1 heterocycles. The first-order valence-electron chi connectivity index (χ1n) is 3.12. The molecule has 1 aromatic rings. The summed E-state index contributed by atoms with van der Waals surface area (Å²) in [5.74, 6) is 0.685. The SMILES string of the molecule is NCc1cnoc1CCO. The number of hydrogen-bond acceptors (Lipinski definition) is 4. The maximum atomic E-state index is 8.53. The van der Waals surface area contributed by atoms with Crippen LogP contribution in [-0.2, 0) is 13.0 Å². The summed E-state index contributed by atoms with van der Waals surface area (Å²) >= 11 is 0. The molecule has 0 atom stereocenters. The van der Waals surface area contributed by atoms with Crippen molar-refractivity contribution in [1.82, 2.24) is 5.16 Å². The van der Waals surface area contributed by atoms with Gasteiger partial charge in [-0.25, -0.2) is 0 Å². The fourth-order valence-electron chi connectivity index (χ4n) is 0.759. The number of hydrogen-bond donors (Lipinski definition) is 2. The smallest absolute Gasteiger partial charge is 0.143 e. The van der Waals surface area contributed by atoms with Gasteiger partial charge in [-0.2, -0.15) is 0 Å². The Bertz CT molecular complexity index is 197. The van der Waals surface area contributed by atoms with E-state index < -0.39 is 0 Å². The van der Waals surface area contributed by atoms with E-state index in [1.807, 2.05) is 0 Å². The summed E-state index contributed by atoms with van der Waals surface area (Å²) in [4.78, 5) is 0. The van der Waals surface area contributed by atoms with Gasteiger partial charge in [0.1, 0.15) is 5.76 Å². The van der Waals surface area contributed by atoms with Crippen LogP contribution in [0.5, 0.6) is 0 Å². The molecule has 1 rings (SSSR count). The van der Waals surface area contributed by atoms with Crippen molar-refractivity contribution in [3.05, 3.63) is 17.5 Å². The molecule has 4 heteroatoms. The second-order valence-corrected chi connectivity index (χ2v) is 1.95. The van der Waals surface area contributed by atoms with Gasteiger partial charge in [0.25, 0.3) is 0 Å². The lowest BCUT2D eigenvalue weighted by molar-refractivity contribution is 0.276. The quantitative estimate of drug-likeness (QED) is 0.606. The molecule has 0 saturated carbocycles. The van der Waals surface area contributed by atoms with E-state index in [1.165, 1.54) is 0 Å². The molecule has 0 fully saturated rings. The van der Waals surface area contributed by atoms with Crippen molar-refractivity contribution in [3.8, 4) is 0 Å². The van der Waals surface area contributed by atoms with E-state index in [-0.39, 0.29) is 6.61 Å². The van der Waals surface area contributed by atoms with Crippen molar-refractivity contribution >= 4 is 0 Å². The minimum absolute atomic E-state index is 0.0716. The Labute approximate surface area is 58.6 Å². The van der Waals surface area contributed by atoms with Crippen LogP contribution < -0.4 is 5.73 Å². The van der Waals surface area contributed by atoms with E-state index in [2.05, 4.69) is 5.16 Å². The minimum atomic E-state index is 0.0716. The Hall–Kier alpha value is -0.870. The summed E-state index contributed by atoms with van der Waals surface area (Å²) in [6.07, 6.45) is 2.07. The highest BCUT2D eigenvalue weighted by Crippen LogP contribution is 2.06. The van der Waals surface area contributed by atoms with Crippen LogP contribution in [0, 0.1) is 0 Å². The first-order chi connectivity index (χ1) is 4.88. The molecule has 10 heavy (non-hydrogen) atoms. The third-order valence-electron chi connectivity index (χ3n) is 1.29.